The third-order valence-corrected chi connectivity index (χ3v) is 3.98. The van der Waals surface area contributed by atoms with E-state index in [1.54, 1.807) is 30.3 Å². The number of nitrogens with zero attached hydrogens (tertiary/aromatic N) is 3. The molecule has 0 unspecified atom stereocenters. The minimum Gasteiger partial charge on any atom is -0.268 e. The third kappa shape index (κ3) is 4.33. The lowest BCUT2D eigenvalue weighted by atomic mass is 10.1. The van der Waals surface area contributed by atoms with Gasteiger partial charge in [0.2, 0.25) is 0 Å². The fraction of sp³-hybridized carbons (Fsp3) is 0.0526. The zero-order valence-corrected chi connectivity index (χ0v) is 15.2. The second kappa shape index (κ2) is 8.13. The highest BCUT2D eigenvalue weighted by atomic mass is 16.6. The minimum atomic E-state index is -0.700. The van der Waals surface area contributed by atoms with Crippen molar-refractivity contribution in [1.82, 2.24) is 20.6 Å². The van der Waals surface area contributed by atoms with E-state index in [4.69, 9.17) is 0 Å². The van der Waals surface area contributed by atoms with Crippen molar-refractivity contribution in [2.24, 2.45) is 7.05 Å². The fourth-order valence-electron chi connectivity index (χ4n) is 2.60. The number of rotatable bonds is 4. The van der Waals surface area contributed by atoms with Crippen molar-refractivity contribution in [3.63, 3.8) is 0 Å². The van der Waals surface area contributed by atoms with Crippen LogP contribution in [0.3, 0.4) is 0 Å². The number of carbonyl (C=O) groups excluding carboxylic acids is 2. The lowest BCUT2D eigenvalue weighted by Gasteiger charge is -2.09. The van der Waals surface area contributed by atoms with Crippen LogP contribution in [0.5, 0.6) is 0 Å². The molecule has 2 aromatic carbocycles. The number of hydrogen-bond acceptors (Lipinski definition) is 6. The summed E-state index contributed by atoms with van der Waals surface area (Å²) in [5.41, 5.74) is 4.41. The van der Waals surface area contributed by atoms with Gasteiger partial charge in [-0.15, -0.1) is 0 Å². The second-order valence-electron chi connectivity index (χ2n) is 5.95. The molecular formula is C19H15N5O5. The van der Waals surface area contributed by atoms with Crippen LogP contribution in [0.15, 0.2) is 59.4 Å². The number of nitrogens with one attached hydrogen (secondary N) is 2. The van der Waals surface area contributed by atoms with Gasteiger partial charge in [-0.2, -0.15) is 5.10 Å². The highest BCUT2D eigenvalue weighted by molar-refractivity contribution is 6.05. The Kier molecular flexibility index (Phi) is 5.44. The summed E-state index contributed by atoms with van der Waals surface area (Å²) in [6, 6.07) is 12.2. The van der Waals surface area contributed by atoms with Gasteiger partial charge >= 0.3 is 0 Å². The summed E-state index contributed by atoms with van der Waals surface area (Å²) in [7, 11) is 1.42. The number of non-ortho nitro benzene ring substituents is 1. The maximum absolute atomic E-state index is 12.4. The van der Waals surface area contributed by atoms with Gasteiger partial charge in [0.25, 0.3) is 23.1 Å². The lowest BCUT2D eigenvalue weighted by molar-refractivity contribution is -0.384. The van der Waals surface area contributed by atoms with Crippen LogP contribution < -0.4 is 16.4 Å². The molecule has 1 aromatic heterocycles. The maximum Gasteiger partial charge on any atom is 0.290 e. The second-order valence-corrected chi connectivity index (χ2v) is 5.95. The Morgan fingerprint density at radius 2 is 1.83 bits per heavy atom. The third-order valence-electron chi connectivity index (χ3n) is 3.98. The summed E-state index contributed by atoms with van der Waals surface area (Å²) in [6.07, 6.45) is 2.49. The van der Waals surface area contributed by atoms with Crippen LogP contribution in [-0.4, -0.2) is 26.5 Å². The Bertz CT molecular complexity index is 1220. The van der Waals surface area contributed by atoms with Gasteiger partial charge in [0.15, 0.2) is 5.69 Å². The predicted octanol–water partition coefficient (Wildman–Crippen LogP) is 1.32. The molecule has 3 aromatic rings. The molecule has 0 bridgehead atoms. The number of fused-ring (bicyclic) bond motifs is 1. The number of aryl methyl sites for hydroxylation is 1. The average molecular weight is 393 g/mol. The first-order chi connectivity index (χ1) is 13.9. The van der Waals surface area contributed by atoms with Crippen molar-refractivity contribution >= 4 is 34.4 Å². The number of nitro groups is 1. The summed E-state index contributed by atoms with van der Waals surface area (Å²) >= 11 is 0. The molecule has 0 saturated heterocycles. The molecule has 146 valence electrons. The zero-order chi connectivity index (χ0) is 21.0. The lowest BCUT2D eigenvalue weighted by Crippen LogP contribution is -2.42. The van der Waals surface area contributed by atoms with Crippen molar-refractivity contribution in [3.05, 3.63) is 86.3 Å². The molecule has 2 N–H and O–H groups in total. The van der Waals surface area contributed by atoms with E-state index in [0.29, 0.717) is 16.3 Å². The summed E-state index contributed by atoms with van der Waals surface area (Å²) in [6.45, 7) is 0. The summed E-state index contributed by atoms with van der Waals surface area (Å²) in [5, 5.41) is 15.4. The van der Waals surface area contributed by atoms with E-state index in [1.807, 2.05) is 0 Å². The van der Waals surface area contributed by atoms with Gasteiger partial charge in [0.1, 0.15) is 0 Å². The van der Waals surface area contributed by atoms with Crippen molar-refractivity contribution in [3.8, 4) is 0 Å². The van der Waals surface area contributed by atoms with Gasteiger partial charge in [-0.1, -0.05) is 30.3 Å². The number of amides is 2. The van der Waals surface area contributed by atoms with Crippen LogP contribution >= 0.6 is 0 Å². The number of benzene rings is 2. The fourth-order valence-corrected chi connectivity index (χ4v) is 2.60. The first-order valence-corrected chi connectivity index (χ1v) is 8.35. The van der Waals surface area contributed by atoms with Gasteiger partial charge in [-0.05, 0) is 17.7 Å². The SMILES string of the molecule is Cn1nc(C(=O)NNC(=O)C=Cc2cccc([N+](=O)[O-])c2)c2ccccc2c1=O. The molecule has 0 aliphatic rings. The Hall–Kier alpha value is -4.34. The molecule has 10 nitrogen and oxygen atoms in total. The number of aromatic nitrogens is 2. The topological polar surface area (TPSA) is 136 Å². The van der Waals surface area contributed by atoms with Crippen molar-refractivity contribution in [2.75, 3.05) is 0 Å². The molecule has 2 amide bonds. The van der Waals surface area contributed by atoms with Gasteiger partial charge in [-0.3, -0.25) is 35.3 Å². The maximum atomic E-state index is 12.4. The predicted molar refractivity (Wildman–Crippen MR) is 105 cm³/mol. The number of nitro benzene ring substituents is 1. The molecule has 0 aliphatic carbocycles. The Balaban J connectivity index is 1.71. The molecular weight excluding hydrogens is 378 g/mol. The van der Waals surface area contributed by atoms with Crippen molar-refractivity contribution in [2.45, 2.75) is 0 Å². The van der Waals surface area contributed by atoms with Crippen LogP contribution in [0.25, 0.3) is 16.8 Å². The van der Waals surface area contributed by atoms with E-state index >= 15 is 0 Å². The van der Waals surface area contributed by atoms with Crippen LogP contribution in [0.4, 0.5) is 5.69 Å². The van der Waals surface area contributed by atoms with Crippen molar-refractivity contribution < 1.29 is 14.5 Å². The largest absolute Gasteiger partial charge is 0.290 e. The van der Waals surface area contributed by atoms with Crippen LogP contribution in [-0.2, 0) is 11.8 Å². The molecule has 0 aliphatic heterocycles. The molecule has 0 radical (unpaired) electrons. The standard InChI is InChI=1S/C19H15N5O5/c1-23-19(27)15-8-3-2-7-14(15)17(22-23)18(26)21-20-16(25)10-9-12-5-4-6-13(11-12)24(28)29/h2-11H,1H3,(H,20,25)(H,21,26). The van der Waals surface area contributed by atoms with Crippen LogP contribution in [0.1, 0.15) is 16.1 Å². The molecule has 0 atom stereocenters. The molecule has 3 rings (SSSR count). The number of carbonyl (C=O) groups is 2. The smallest absolute Gasteiger partial charge is 0.268 e. The molecule has 10 heteroatoms. The van der Waals surface area contributed by atoms with Gasteiger partial charge in [0.05, 0.1) is 10.3 Å². The van der Waals surface area contributed by atoms with Crippen LogP contribution in [0.2, 0.25) is 0 Å². The Labute approximate surface area is 163 Å². The highest BCUT2D eigenvalue weighted by Gasteiger charge is 2.15. The number of hydrazine groups is 1. The van der Waals surface area contributed by atoms with E-state index in [1.165, 1.54) is 31.3 Å². The summed E-state index contributed by atoms with van der Waals surface area (Å²) < 4.78 is 1.04. The van der Waals surface area contributed by atoms with E-state index in [2.05, 4.69) is 16.0 Å². The highest BCUT2D eigenvalue weighted by Crippen LogP contribution is 2.14. The van der Waals surface area contributed by atoms with E-state index in [9.17, 15) is 24.5 Å². The molecule has 0 fully saturated rings. The monoisotopic (exact) mass is 393 g/mol. The van der Waals surface area contributed by atoms with Gasteiger partial charge in [-0.25, -0.2) is 4.68 Å². The molecule has 1 heterocycles. The average Bonchev–Trinajstić information content (AvgIpc) is 2.73. The molecule has 0 spiro atoms. The van der Waals surface area contributed by atoms with E-state index in [0.717, 1.165) is 10.8 Å². The normalized spacial score (nSPS) is 10.8. The van der Waals surface area contributed by atoms with E-state index in [-0.39, 0.29) is 16.9 Å². The minimum absolute atomic E-state index is 0.0225. The Morgan fingerprint density at radius 1 is 1.10 bits per heavy atom. The van der Waals surface area contributed by atoms with E-state index < -0.39 is 16.7 Å². The number of hydrogen-bond donors (Lipinski definition) is 2. The quantitative estimate of drug-likeness (QED) is 0.390. The van der Waals surface area contributed by atoms with Gasteiger partial charge < -0.3 is 0 Å². The first kappa shape index (κ1) is 19.4. The summed E-state index contributed by atoms with van der Waals surface area (Å²) in [5.74, 6) is -1.35. The zero-order valence-electron chi connectivity index (χ0n) is 15.2. The summed E-state index contributed by atoms with van der Waals surface area (Å²) in [4.78, 5) is 46.7. The van der Waals surface area contributed by atoms with Gasteiger partial charge in [0, 0.05) is 30.6 Å². The van der Waals surface area contributed by atoms with Crippen molar-refractivity contribution in [1.29, 1.82) is 0 Å². The Morgan fingerprint density at radius 3 is 2.55 bits per heavy atom. The van der Waals surface area contributed by atoms with Crippen LogP contribution in [0, 0.1) is 10.1 Å². The molecule has 29 heavy (non-hydrogen) atoms. The molecule has 0 saturated carbocycles. The first-order valence-electron chi connectivity index (χ1n) is 8.35.